The minimum Gasteiger partial charge on any atom is -0.372 e. The molecule has 0 aliphatic rings. The Kier molecular flexibility index (Phi) is 6.99. The number of nitrogens with zero attached hydrogens (tertiary/aromatic N) is 2. The molecule has 0 bridgehead atoms. The minimum atomic E-state index is -0.628. The first-order valence-electron chi connectivity index (χ1n) is 9.46. The van der Waals surface area contributed by atoms with E-state index in [1.165, 1.54) is 4.90 Å². The van der Waals surface area contributed by atoms with Crippen molar-refractivity contribution in [2.24, 2.45) is 0 Å². The molecule has 27 heavy (non-hydrogen) atoms. The summed E-state index contributed by atoms with van der Waals surface area (Å²) in [6.07, 6.45) is 0. The van der Waals surface area contributed by atoms with Crippen LogP contribution in [0.3, 0.4) is 0 Å². The fourth-order valence-corrected chi connectivity index (χ4v) is 3.11. The summed E-state index contributed by atoms with van der Waals surface area (Å²) in [6.45, 7) is 12.2. The summed E-state index contributed by atoms with van der Waals surface area (Å²) >= 11 is 0. The van der Waals surface area contributed by atoms with E-state index < -0.39 is 11.8 Å². The van der Waals surface area contributed by atoms with Crippen LogP contribution in [0.2, 0.25) is 0 Å². The average Bonchev–Trinajstić information content (AvgIpc) is 2.65. The van der Waals surface area contributed by atoms with Gasteiger partial charge >= 0.3 is 11.8 Å². The fraction of sp³-hybridized carbons (Fsp3) is 0.364. The zero-order valence-corrected chi connectivity index (χ0v) is 16.9. The number of carbonyl (C=O) groups excluding carboxylic acids is 2. The molecule has 5 nitrogen and oxygen atoms in total. The summed E-state index contributed by atoms with van der Waals surface area (Å²) in [4.78, 5) is 28.9. The van der Waals surface area contributed by atoms with Crippen molar-refractivity contribution in [1.29, 1.82) is 0 Å². The van der Waals surface area contributed by atoms with Crippen LogP contribution in [0.25, 0.3) is 0 Å². The largest absolute Gasteiger partial charge is 0.372 e. The maximum Gasteiger partial charge on any atom is 0.316 e. The van der Waals surface area contributed by atoms with Crippen molar-refractivity contribution in [3.63, 3.8) is 0 Å². The molecule has 0 saturated heterocycles. The SMILES string of the molecule is CCN(CC)c1ccc(NC(=O)C(=O)N(CC)c2cccc(C)c2)c(C)c1. The summed E-state index contributed by atoms with van der Waals surface area (Å²) < 4.78 is 0. The molecule has 1 N–H and O–H groups in total. The van der Waals surface area contributed by atoms with Crippen LogP contribution in [0.15, 0.2) is 42.5 Å². The van der Waals surface area contributed by atoms with E-state index in [1.54, 1.807) is 0 Å². The molecule has 0 atom stereocenters. The lowest BCUT2D eigenvalue weighted by Crippen LogP contribution is -2.39. The van der Waals surface area contributed by atoms with Crippen molar-refractivity contribution in [2.45, 2.75) is 34.6 Å². The van der Waals surface area contributed by atoms with Gasteiger partial charge in [-0.2, -0.15) is 0 Å². The molecular formula is C22H29N3O2. The molecule has 0 heterocycles. The number of hydrogen-bond donors (Lipinski definition) is 1. The molecule has 144 valence electrons. The maximum absolute atomic E-state index is 12.7. The Hall–Kier alpha value is -2.82. The molecule has 0 fully saturated rings. The van der Waals surface area contributed by atoms with Crippen molar-refractivity contribution < 1.29 is 9.59 Å². The van der Waals surface area contributed by atoms with Crippen LogP contribution in [-0.2, 0) is 9.59 Å². The highest BCUT2D eigenvalue weighted by atomic mass is 16.2. The Morgan fingerprint density at radius 3 is 2.15 bits per heavy atom. The first kappa shape index (κ1) is 20.5. The third-order valence-electron chi connectivity index (χ3n) is 4.66. The van der Waals surface area contributed by atoms with E-state index >= 15 is 0 Å². The molecule has 2 rings (SSSR count). The van der Waals surface area contributed by atoms with Gasteiger partial charge < -0.3 is 15.1 Å². The predicted octanol–water partition coefficient (Wildman–Crippen LogP) is 4.14. The van der Waals surface area contributed by atoms with E-state index in [0.717, 1.165) is 35.6 Å². The molecule has 0 radical (unpaired) electrons. The van der Waals surface area contributed by atoms with Crippen molar-refractivity contribution in [2.75, 3.05) is 34.8 Å². The van der Waals surface area contributed by atoms with Gasteiger partial charge in [-0.05, 0) is 76.1 Å². The minimum absolute atomic E-state index is 0.426. The van der Waals surface area contributed by atoms with Crippen LogP contribution >= 0.6 is 0 Å². The van der Waals surface area contributed by atoms with E-state index in [0.29, 0.717) is 12.2 Å². The van der Waals surface area contributed by atoms with Crippen LogP contribution in [0, 0.1) is 13.8 Å². The topological polar surface area (TPSA) is 52.7 Å². The smallest absolute Gasteiger partial charge is 0.316 e. The van der Waals surface area contributed by atoms with E-state index in [4.69, 9.17) is 0 Å². The van der Waals surface area contributed by atoms with Gasteiger partial charge in [0, 0.05) is 36.7 Å². The summed E-state index contributed by atoms with van der Waals surface area (Å²) in [5.74, 6) is -1.19. The highest BCUT2D eigenvalue weighted by Crippen LogP contribution is 2.23. The summed E-state index contributed by atoms with van der Waals surface area (Å²) in [7, 11) is 0. The van der Waals surface area contributed by atoms with Crippen molar-refractivity contribution >= 4 is 28.9 Å². The molecular weight excluding hydrogens is 338 g/mol. The Morgan fingerprint density at radius 2 is 1.59 bits per heavy atom. The first-order valence-corrected chi connectivity index (χ1v) is 9.46. The molecule has 0 spiro atoms. The van der Waals surface area contributed by atoms with Crippen LogP contribution in [-0.4, -0.2) is 31.4 Å². The van der Waals surface area contributed by atoms with Crippen molar-refractivity contribution in [3.05, 3.63) is 53.6 Å². The number of nitrogens with one attached hydrogen (secondary N) is 1. The lowest BCUT2D eigenvalue weighted by Gasteiger charge is -2.23. The number of aryl methyl sites for hydroxylation is 2. The van der Waals surface area contributed by atoms with E-state index in [1.807, 2.05) is 63.2 Å². The Bertz CT molecular complexity index is 813. The van der Waals surface area contributed by atoms with Crippen LogP contribution in [0.4, 0.5) is 17.1 Å². The van der Waals surface area contributed by atoms with Gasteiger partial charge in [-0.25, -0.2) is 0 Å². The molecule has 5 heteroatoms. The number of anilines is 3. The lowest BCUT2D eigenvalue weighted by molar-refractivity contribution is -0.134. The zero-order valence-electron chi connectivity index (χ0n) is 16.9. The molecule has 0 saturated carbocycles. The summed E-state index contributed by atoms with van der Waals surface area (Å²) in [5.41, 5.74) is 4.47. The average molecular weight is 367 g/mol. The van der Waals surface area contributed by atoms with Gasteiger partial charge in [-0.15, -0.1) is 0 Å². The number of benzene rings is 2. The molecule has 2 amide bonds. The van der Waals surface area contributed by atoms with E-state index in [9.17, 15) is 9.59 Å². The standard InChI is InChI=1S/C22H29N3O2/c1-6-24(7-2)18-12-13-20(17(5)15-18)23-21(26)22(27)25(8-3)19-11-9-10-16(4)14-19/h9-15H,6-8H2,1-5H3,(H,23,26). The normalized spacial score (nSPS) is 10.4. The van der Waals surface area contributed by atoms with Gasteiger partial charge in [0.25, 0.3) is 0 Å². The Labute approximate surface area is 162 Å². The van der Waals surface area contributed by atoms with Gasteiger partial charge in [0.15, 0.2) is 0 Å². The molecule has 0 aromatic heterocycles. The fourth-order valence-electron chi connectivity index (χ4n) is 3.11. The second-order valence-electron chi connectivity index (χ2n) is 6.51. The van der Waals surface area contributed by atoms with E-state index in [2.05, 4.69) is 24.1 Å². The van der Waals surface area contributed by atoms with Crippen molar-refractivity contribution in [3.8, 4) is 0 Å². The number of likely N-dealkylation sites (N-methyl/N-ethyl adjacent to an activating group) is 1. The predicted molar refractivity (Wildman–Crippen MR) is 113 cm³/mol. The monoisotopic (exact) mass is 367 g/mol. The molecule has 0 aliphatic carbocycles. The number of hydrogen-bond acceptors (Lipinski definition) is 3. The second-order valence-corrected chi connectivity index (χ2v) is 6.51. The number of rotatable bonds is 6. The maximum atomic E-state index is 12.7. The lowest BCUT2D eigenvalue weighted by atomic mass is 10.1. The third-order valence-corrected chi connectivity index (χ3v) is 4.66. The molecule has 0 aliphatic heterocycles. The molecule has 2 aromatic carbocycles. The quantitative estimate of drug-likeness (QED) is 0.781. The van der Waals surface area contributed by atoms with Crippen LogP contribution in [0.5, 0.6) is 0 Å². The molecule has 2 aromatic rings. The zero-order chi connectivity index (χ0) is 20.0. The van der Waals surface area contributed by atoms with Gasteiger partial charge in [-0.3, -0.25) is 9.59 Å². The number of carbonyl (C=O) groups is 2. The second kappa shape index (κ2) is 9.21. The number of amides is 2. The highest BCUT2D eigenvalue weighted by Gasteiger charge is 2.22. The van der Waals surface area contributed by atoms with E-state index in [-0.39, 0.29) is 0 Å². The van der Waals surface area contributed by atoms with Gasteiger partial charge in [0.05, 0.1) is 0 Å². The van der Waals surface area contributed by atoms with Crippen molar-refractivity contribution in [1.82, 2.24) is 0 Å². The first-order chi connectivity index (χ1) is 12.9. The van der Waals surface area contributed by atoms with Gasteiger partial charge in [0.1, 0.15) is 0 Å². The summed E-state index contributed by atoms with van der Waals surface area (Å²) in [6, 6.07) is 13.4. The Balaban J connectivity index is 2.17. The van der Waals surface area contributed by atoms with Gasteiger partial charge in [0.2, 0.25) is 0 Å². The summed E-state index contributed by atoms with van der Waals surface area (Å²) in [5, 5.41) is 2.76. The van der Waals surface area contributed by atoms with Gasteiger partial charge in [-0.1, -0.05) is 12.1 Å². The third kappa shape index (κ3) is 4.88. The van der Waals surface area contributed by atoms with Crippen LogP contribution < -0.4 is 15.1 Å². The highest BCUT2D eigenvalue weighted by molar-refractivity contribution is 6.44. The molecule has 0 unspecified atom stereocenters. The van der Waals surface area contributed by atoms with Crippen LogP contribution in [0.1, 0.15) is 31.9 Å². The Morgan fingerprint density at radius 1 is 0.889 bits per heavy atom.